The molecule has 2 aromatic rings. The zero-order chi connectivity index (χ0) is 22.9. The summed E-state index contributed by atoms with van der Waals surface area (Å²) in [5, 5.41) is 19.2. The second-order valence-corrected chi connectivity index (χ2v) is 8.62. The third-order valence-corrected chi connectivity index (χ3v) is 5.32. The molecule has 1 aliphatic rings. The van der Waals surface area contributed by atoms with Gasteiger partial charge >= 0.3 is 0 Å². The molecule has 1 fully saturated rings. The monoisotopic (exact) mass is 422 g/mol. The van der Waals surface area contributed by atoms with Crippen molar-refractivity contribution in [2.75, 3.05) is 19.6 Å². The van der Waals surface area contributed by atoms with Gasteiger partial charge in [-0.2, -0.15) is 5.26 Å². The summed E-state index contributed by atoms with van der Waals surface area (Å²) in [5.41, 5.74) is 2.81. The normalized spacial score (nSPS) is 14.6. The van der Waals surface area contributed by atoms with Gasteiger partial charge in [0, 0.05) is 29.9 Å². The molecule has 1 aromatic carbocycles. The number of carbonyl (C=O) groups excluding carboxylic acids is 1. The number of nitriles is 1. The van der Waals surface area contributed by atoms with Gasteiger partial charge in [-0.25, -0.2) is 0 Å². The molecule has 1 saturated heterocycles. The Bertz CT molecular complexity index is 908. The molecule has 1 aliphatic heterocycles. The van der Waals surface area contributed by atoms with E-state index in [-0.39, 0.29) is 23.8 Å². The number of carboxylic acid groups (broad SMARTS) is 1. The van der Waals surface area contributed by atoms with E-state index in [0.29, 0.717) is 11.1 Å². The topological polar surface area (TPSA) is 106 Å². The van der Waals surface area contributed by atoms with E-state index in [4.69, 9.17) is 15.2 Å². The number of aromatic nitrogens is 1. The van der Waals surface area contributed by atoms with Crippen molar-refractivity contribution in [2.45, 2.75) is 39.7 Å². The molecule has 3 rings (SSSR count). The second-order valence-electron chi connectivity index (χ2n) is 8.62. The Labute approximate surface area is 183 Å². The minimum absolute atomic E-state index is 0.0140. The number of rotatable bonds is 5. The zero-order valence-electron chi connectivity index (χ0n) is 18.3. The van der Waals surface area contributed by atoms with Gasteiger partial charge in [0.05, 0.1) is 17.3 Å². The van der Waals surface area contributed by atoms with Crippen LogP contribution in [0.15, 0.2) is 42.6 Å². The minimum atomic E-state index is -0.250. The van der Waals surface area contributed by atoms with Gasteiger partial charge < -0.3 is 15.3 Å². The molecule has 7 nitrogen and oxygen atoms in total. The lowest BCUT2D eigenvalue weighted by atomic mass is 9.86. The van der Waals surface area contributed by atoms with Gasteiger partial charge in [-0.05, 0) is 55.6 Å². The predicted molar refractivity (Wildman–Crippen MR) is 119 cm³/mol. The Kier molecular flexibility index (Phi) is 8.71. The van der Waals surface area contributed by atoms with E-state index in [1.165, 1.54) is 12.8 Å². The van der Waals surface area contributed by atoms with E-state index < -0.39 is 0 Å². The first-order valence-electron chi connectivity index (χ1n) is 10.4. The van der Waals surface area contributed by atoms with Gasteiger partial charge in [0.1, 0.15) is 0 Å². The van der Waals surface area contributed by atoms with Crippen LogP contribution in [-0.4, -0.2) is 53.0 Å². The molecule has 1 amide bonds. The average Bonchev–Trinajstić information content (AvgIpc) is 3.26. The summed E-state index contributed by atoms with van der Waals surface area (Å²) < 4.78 is 0. The van der Waals surface area contributed by atoms with Gasteiger partial charge in [0.2, 0.25) is 0 Å². The Balaban J connectivity index is 0.00000107. The van der Waals surface area contributed by atoms with Crippen molar-refractivity contribution in [1.82, 2.24) is 15.2 Å². The maximum absolute atomic E-state index is 12.8. The highest BCUT2D eigenvalue weighted by Crippen LogP contribution is 2.23. The third-order valence-electron chi connectivity index (χ3n) is 5.32. The van der Waals surface area contributed by atoms with Crippen LogP contribution >= 0.6 is 0 Å². The molecule has 0 spiro atoms. The van der Waals surface area contributed by atoms with Crippen molar-refractivity contribution in [1.29, 1.82) is 5.26 Å². The molecule has 0 radical (unpaired) electrons. The number of likely N-dealkylation sites (tertiary alicyclic amines) is 1. The molecule has 1 atom stereocenters. The molecular formula is C24H30N4O3. The summed E-state index contributed by atoms with van der Waals surface area (Å²) in [6.45, 7) is 9.39. The molecule has 0 bridgehead atoms. The summed E-state index contributed by atoms with van der Waals surface area (Å²) >= 11 is 0. The molecule has 2 N–H and O–H groups in total. The van der Waals surface area contributed by atoms with Gasteiger partial charge in [-0.1, -0.05) is 32.9 Å². The van der Waals surface area contributed by atoms with Gasteiger partial charge in [0.25, 0.3) is 12.4 Å². The molecular weight excluding hydrogens is 392 g/mol. The van der Waals surface area contributed by atoms with Gasteiger partial charge in [-0.3, -0.25) is 14.6 Å². The number of nitrogens with zero attached hydrogens (tertiary/aromatic N) is 3. The average molecular weight is 423 g/mol. The Morgan fingerprint density at radius 1 is 1.26 bits per heavy atom. The lowest BCUT2D eigenvalue weighted by molar-refractivity contribution is -0.122. The molecule has 31 heavy (non-hydrogen) atoms. The number of benzene rings is 1. The maximum Gasteiger partial charge on any atom is 0.290 e. The molecule has 1 aromatic heterocycles. The van der Waals surface area contributed by atoms with Crippen molar-refractivity contribution in [3.8, 4) is 17.3 Å². The molecule has 2 heterocycles. The van der Waals surface area contributed by atoms with Crippen LogP contribution in [0.25, 0.3) is 11.3 Å². The van der Waals surface area contributed by atoms with E-state index in [1.54, 1.807) is 18.3 Å². The first-order valence-corrected chi connectivity index (χ1v) is 10.4. The quantitative estimate of drug-likeness (QED) is 0.714. The maximum atomic E-state index is 12.8. The molecule has 164 valence electrons. The van der Waals surface area contributed by atoms with Crippen LogP contribution in [0.5, 0.6) is 0 Å². The lowest BCUT2D eigenvalue weighted by Gasteiger charge is -2.34. The van der Waals surface area contributed by atoms with Crippen molar-refractivity contribution in [2.24, 2.45) is 5.41 Å². The first kappa shape index (κ1) is 24.0. The van der Waals surface area contributed by atoms with Crippen molar-refractivity contribution in [3.63, 3.8) is 0 Å². The number of hydrogen-bond acceptors (Lipinski definition) is 5. The summed E-state index contributed by atoms with van der Waals surface area (Å²) in [7, 11) is 0. The Morgan fingerprint density at radius 3 is 2.42 bits per heavy atom. The smallest absolute Gasteiger partial charge is 0.290 e. The van der Waals surface area contributed by atoms with Gasteiger partial charge in [0.15, 0.2) is 0 Å². The van der Waals surface area contributed by atoms with Crippen molar-refractivity contribution < 1.29 is 14.7 Å². The number of carbonyl (C=O) groups is 2. The fourth-order valence-electron chi connectivity index (χ4n) is 3.45. The lowest BCUT2D eigenvalue weighted by Crippen LogP contribution is -2.50. The zero-order valence-corrected chi connectivity index (χ0v) is 18.3. The molecule has 7 heteroatoms. The van der Waals surface area contributed by atoms with Crippen molar-refractivity contribution >= 4 is 12.4 Å². The molecule has 1 unspecified atom stereocenters. The standard InChI is InChI=1S/C23H28N4O.CH2O2/c1-23(2,3)21(16-27-12-4-5-13-27)26-22(28)19-8-6-18(7-9-19)20-14-17(15-24)10-11-25-20;2-1-3/h6-11,14,21H,4-5,12-13,16H2,1-3H3,(H,26,28);1H,(H,2,3). The summed E-state index contributed by atoms with van der Waals surface area (Å²) in [6.07, 6.45) is 4.11. The highest BCUT2D eigenvalue weighted by molar-refractivity contribution is 5.94. The van der Waals surface area contributed by atoms with Crippen LogP contribution in [-0.2, 0) is 4.79 Å². The number of nitrogens with one attached hydrogen (secondary N) is 1. The van der Waals surface area contributed by atoms with E-state index in [2.05, 4.69) is 42.0 Å². The summed E-state index contributed by atoms with van der Waals surface area (Å²) in [6, 6.07) is 13.0. The van der Waals surface area contributed by atoms with E-state index >= 15 is 0 Å². The highest BCUT2D eigenvalue weighted by Gasteiger charge is 2.29. The van der Waals surface area contributed by atoms with Crippen LogP contribution in [0.1, 0.15) is 49.5 Å². The molecule has 0 saturated carbocycles. The predicted octanol–water partition coefficient (Wildman–Crippen LogP) is 3.56. The van der Waals surface area contributed by atoms with Crippen LogP contribution in [0.4, 0.5) is 0 Å². The second kappa shape index (κ2) is 11.2. The number of amides is 1. The first-order chi connectivity index (χ1) is 14.8. The van der Waals surface area contributed by atoms with Crippen LogP contribution < -0.4 is 5.32 Å². The Hall–Kier alpha value is -3.24. The van der Waals surface area contributed by atoms with Crippen LogP contribution in [0, 0.1) is 16.7 Å². The number of pyridine rings is 1. The van der Waals surface area contributed by atoms with E-state index in [0.717, 1.165) is 30.9 Å². The van der Waals surface area contributed by atoms with Gasteiger partial charge in [-0.15, -0.1) is 0 Å². The number of hydrogen-bond donors (Lipinski definition) is 2. The summed E-state index contributed by atoms with van der Waals surface area (Å²) in [5.74, 6) is -0.0515. The fourth-order valence-corrected chi connectivity index (χ4v) is 3.45. The van der Waals surface area contributed by atoms with Crippen molar-refractivity contribution in [3.05, 3.63) is 53.7 Å². The van der Waals surface area contributed by atoms with E-state index in [1.807, 2.05) is 24.3 Å². The van der Waals surface area contributed by atoms with Crippen LogP contribution in [0.3, 0.4) is 0 Å². The van der Waals surface area contributed by atoms with Crippen LogP contribution in [0.2, 0.25) is 0 Å². The SMILES string of the molecule is CC(C)(C)C(CN1CCCC1)NC(=O)c1ccc(-c2cc(C#N)ccn2)cc1.O=CO. The molecule has 0 aliphatic carbocycles. The highest BCUT2D eigenvalue weighted by atomic mass is 16.3. The summed E-state index contributed by atoms with van der Waals surface area (Å²) in [4.78, 5) is 27.9. The fraction of sp³-hybridized carbons (Fsp3) is 0.417. The van der Waals surface area contributed by atoms with E-state index in [9.17, 15) is 4.79 Å². The minimum Gasteiger partial charge on any atom is -0.483 e. The Morgan fingerprint density at radius 2 is 1.87 bits per heavy atom. The third kappa shape index (κ3) is 7.19. The largest absolute Gasteiger partial charge is 0.483 e.